The lowest BCUT2D eigenvalue weighted by molar-refractivity contribution is -0.140. The zero-order chi connectivity index (χ0) is 6.99. The van der Waals surface area contributed by atoms with E-state index in [0.29, 0.717) is 17.1 Å². The Hall–Kier alpha value is -0.353. The highest BCUT2D eigenvalue weighted by molar-refractivity contribution is 5.95. The zero-order valence-corrected chi connectivity index (χ0v) is 7.47. The first-order valence-corrected chi connectivity index (χ1v) is 3.25. The van der Waals surface area contributed by atoms with Crippen LogP contribution in [0.2, 0.25) is 0 Å². The molecule has 4 heteroatoms. The van der Waals surface area contributed by atoms with Gasteiger partial charge in [0.05, 0.1) is 6.61 Å². The van der Waals surface area contributed by atoms with E-state index in [1.165, 1.54) is 6.92 Å². The second-order valence-electron chi connectivity index (χ2n) is 0.925. The molecule has 0 bridgehead atoms. The van der Waals surface area contributed by atoms with Crippen molar-refractivity contribution >= 4 is 16.5 Å². The Morgan fingerprint density at radius 3 is 2.12 bits per heavy atom. The normalized spacial score (nSPS) is 6.88. The third-order valence-electron chi connectivity index (χ3n) is 0.348. The SMILES string of the molecule is CCOC(C)=O.O[SiH3]. The minimum atomic E-state index is -0.211. The molecule has 0 saturated carbocycles. The molecule has 8 heavy (non-hydrogen) atoms. The summed E-state index contributed by atoms with van der Waals surface area (Å²) < 4.78 is 4.40. The van der Waals surface area contributed by atoms with Gasteiger partial charge in [-0.15, -0.1) is 0 Å². The molecule has 0 rings (SSSR count). The molecule has 0 saturated heterocycles. The molecule has 0 atom stereocenters. The molecule has 0 aromatic heterocycles. The lowest BCUT2D eigenvalue weighted by Crippen LogP contribution is -1.95. The van der Waals surface area contributed by atoms with Gasteiger partial charge < -0.3 is 9.53 Å². The van der Waals surface area contributed by atoms with E-state index in [-0.39, 0.29) is 5.97 Å². The van der Waals surface area contributed by atoms with Gasteiger partial charge in [-0.2, -0.15) is 0 Å². The van der Waals surface area contributed by atoms with Crippen LogP contribution >= 0.6 is 0 Å². The molecule has 0 aliphatic carbocycles. The number of carbonyl (C=O) groups is 1. The smallest absolute Gasteiger partial charge is 0.302 e. The van der Waals surface area contributed by atoms with Gasteiger partial charge in [0.15, 0.2) is 0 Å². The van der Waals surface area contributed by atoms with Gasteiger partial charge >= 0.3 is 5.97 Å². The van der Waals surface area contributed by atoms with Crippen LogP contribution in [0.3, 0.4) is 0 Å². The highest BCUT2D eigenvalue weighted by Crippen LogP contribution is 1.69. The van der Waals surface area contributed by atoms with Crippen LogP contribution in [0.1, 0.15) is 13.8 Å². The predicted molar refractivity (Wildman–Crippen MR) is 34.5 cm³/mol. The largest absolute Gasteiger partial charge is 0.466 e. The lowest BCUT2D eigenvalue weighted by atomic mass is 10.8. The molecule has 0 aliphatic heterocycles. The summed E-state index contributed by atoms with van der Waals surface area (Å²) in [5, 5.41) is 0. The van der Waals surface area contributed by atoms with Gasteiger partial charge in [-0.05, 0) is 6.92 Å². The number of ether oxygens (including phenoxy) is 1. The fourth-order valence-electron chi connectivity index (χ4n) is 0.203. The van der Waals surface area contributed by atoms with Crippen molar-refractivity contribution in [2.45, 2.75) is 13.8 Å². The van der Waals surface area contributed by atoms with Crippen LogP contribution in [-0.2, 0) is 9.53 Å². The van der Waals surface area contributed by atoms with E-state index >= 15 is 0 Å². The van der Waals surface area contributed by atoms with Crippen molar-refractivity contribution in [2.24, 2.45) is 0 Å². The van der Waals surface area contributed by atoms with Gasteiger partial charge in [-0.1, -0.05) is 0 Å². The van der Waals surface area contributed by atoms with Crippen molar-refractivity contribution in [3.05, 3.63) is 0 Å². The fourth-order valence-corrected chi connectivity index (χ4v) is 0.203. The predicted octanol–water partition coefficient (Wildman–Crippen LogP) is -1.17. The number of rotatable bonds is 1. The van der Waals surface area contributed by atoms with E-state index in [4.69, 9.17) is 4.80 Å². The Balaban J connectivity index is 0. The maximum atomic E-state index is 9.82. The maximum absolute atomic E-state index is 9.82. The summed E-state index contributed by atoms with van der Waals surface area (Å²) in [7, 11) is 0.306. The van der Waals surface area contributed by atoms with Crippen molar-refractivity contribution in [1.82, 2.24) is 0 Å². The minimum Gasteiger partial charge on any atom is -0.466 e. The molecule has 0 aromatic rings. The van der Waals surface area contributed by atoms with Gasteiger partial charge in [-0.25, -0.2) is 0 Å². The average molecular weight is 136 g/mol. The molecule has 3 nitrogen and oxygen atoms in total. The standard InChI is InChI=1S/C4H8O2.H4OSi/c1-3-6-4(2)5;1-2/h3H2,1-2H3;1H,2H3. The third kappa shape index (κ3) is 17.4. The Bertz CT molecular complexity index is 55.2. The summed E-state index contributed by atoms with van der Waals surface area (Å²) in [6, 6.07) is 0. The summed E-state index contributed by atoms with van der Waals surface area (Å²) in [4.78, 5) is 17.0. The van der Waals surface area contributed by atoms with E-state index in [9.17, 15) is 4.79 Å². The molecule has 0 fully saturated rings. The quantitative estimate of drug-likeness (QED) is 0.365. The summed E-state index contributed by atoms with van der Waals surface area (Å²) >= 11 is 0. The molecule has 0 spiro atoms. The lowest BCUT2D eigenvalue weighted by Gasteiger charge is -1.89. The molecule has 0 unspecified atom stereocenters. The summed E-state index contributed by atoms with van der Waals surface area (Å²) in [6.45, 7) is 3.65. The molecule has 50 valence electrons. The Kier molecular flexibility index (Phi) is 13.0. The first-order chi connectivity index (χ1) is 3.77. The van der Waals surface area contributed by atoms with Crippen molar-refractivity contribution < 1.29 is 14.3 Å². The van der Waals surface area contributed by atoms with Crippen LogP contribution in [0.15, 0.2) is 0 Å². The topological polar surface area (TPSA) is 46.5 Å². The van der Waals surface area contributed by atoms with Crippen molar-refractivity contribution in [2.75, 3.05) is 6.61 Å². The van der Waals surface area contributed by atoms with Crippen molar-refractivity contribution in [3.8, 4) is 0 Å². The fraction of sp³-hybridized carbons (Fsp3) is 0.750. The van der Waals surface area contributed by atoms with Gasteiger partial charge in [0.2, 0.25) is 0 Å². The first-order valence-electron chi connectivity index (χ1n) is 2.35. The number of carbonyl (C=O) groups excluding carboxylic acids is 1. The van der Waals surface area contributed by atoms with Crippen LogP contribution in [0.5, 0.6) is 0 Å². The van der Waals surface area contributed by atoms with Crippen molar-refractivity contribution in [1.29, 1.82) is 0 Å². The average Bonchev–Trinajstić information content (AvgIpc) is 1.72. The molecular weight excluding hydrogens is 124 g/mol. The second kappa shape index (κ2) is 9.82. The van der Waals surface area contributed by atoms with Gasteiger partial charge in [0.1, 0.15) is 10.5 Å². The molecule has 0 heterocycles. The third-order valence-corrected chi connectivity index (χ3v) is 0.348. The molecule has 0 aromatic carbocycles. The van der Waals surface area contributed by atoms with Gasteiger partial charge in [-0.3, -0.25) is 4.79 Å². The highest BCUT2D eigenvalue weighted by atomic mass is 28.2. The van der Waals surface area contributed by atoms with Crippen LogP contribution in [0, 0.1) is 0 Å². The monoisotopic (exact) mass is 136 g/mol. The molecule has 0 aliphatic rings. The van der Waals surface area contributed by atoms with Crippen LogP contribution in [0.25, 0.3) is 0 Å². The summed E-state index contributed by atoms with van der Waals surface area (Å²) in [6.07, 6.45) is 0. The van der Waals surface area contributed by atoms with E-state index in [1.54, 1.807) is 6.92 Å². The molecule has 0 radical (unpaired) electrons. The molecular formula is C4H12O3Si. The highest BCUT2D eigenvalue weighted by Gasteiger charge is 1.81. The summed E-state index contributed by atoms with van der Waals surface area (Å²) in [5.74, 6) is -0.211. The Morgan fingerprint density at radius 1 is 1.75 bits per heavy atom. The van der Waals surface area contributed by atoms with Gasteiger partial charge in [0, 0.05) is 6.92 Å². The Morgan fingerprint density at radius 2 is 2.12 bits per heavy atom. The Labute approximate surface area is 52.2 Å². The van der Waals surface area contributed by atoms with E-state index in [0.717, 1.165) is 0 Å². The summed E-state index contributed by atoms with van der Waals surface area (Å²) in [5.41, 5.74) is 0. The molecule has 0 amide bonds. The minimum absolute atomic E-state index is 0.211. The van der Waals surface area contributed by atoms with Crippen LogP contribution in [-0.4, -0.2) is 27.9 Å². The number of hydrogen-bond donors (Lipinski definition) is 1. The van der Waals surface area contributed by atoms with Crippen LogP contribution in [0.4, 0.5) is 0 Å². The number of esters is 1. The first kappa shape index (κ1) is 10.6. The maximum Gasteiger partial charge on any atom is 0.302 e. The number of hydrogen-bond acceptors (Lipinski definition) is 3. The zero-order valence-electron chi connectivity index (χ0n) is 5.47. The van der Waals surface area contributed by atoms with E-state index in [2.05, 4.69) is 4.74 Å². The van der Waals surface area contributed by atoms with E-state index in [1.807, 2.05) is 0 Å². The molecule has 1 N–H and O–H groups in total. The van der Waals surface area contributed by atoms with Crippen molar-refractivity contribution in [3.63, 3.8) is 0 Å². The van der Waals surface area contributed by atoms with E-state index < -0.39 is 0 Å². The second-order valence-corrected chi connectivity index (χ2v) is 0.925. The van der Waals surface area contributed by atoms with Crippen LogP contribution < -0.4 is 0 Å². The van der Waals surface area contributed by atoms with Gasteiger partial charge in [0.25, 0.3) is 0 Å².